The molecule has 1 saturated carbocycles. The molecule has 298 valence electrons. The summed E-state index contributed by atoms with van der Waals surface area (Å²) in [6.07, 6.45) is 11.1. The van der Waals surface area contributed by atoms with Crippen molar-refractivity contribution < 1.29 is 52.1 Å². The van der Waals surface area contributed by atoms with Gasteiger partial charge in [0, 0.05) is 72.4 Å². The Balaban J connectivity index is 0. The molecule has 0 bridgehead atoms. The van der Waals surface area contributed by atoms with E-state index in [1.54, 1.807) is 28.4 Å². The average Bonchev–Trinajstić information content (AvgIpc) is 3.95. The molecule has 1 aliphatic carbocycles. The van der Waals surface area contributed by atoms with E-state index < -0.39 is 29.8 Å². The van der Waals surface area contributed by atoms with Crippen LogP contribution in [0.5, 0.6) is 0 Å². The third-order valence-corrected chi connectivity index (χ3v) is 14.1. The summed E-state index contributed by atoms with van der Waals surface area (Å²) in [5.41, 5.74) is 5.55. The van der Waals surface area contributed by atoms with E-state index in [-0.39, 0.29) is 38.5 Å². The number of nitrogens with two attached hydrogens (primary N) is 1. The van der Waals surface area contributed by atoms with E-state index in [2.05, 4.69) is 27.7 Å². The molecule has 1 rings (SSSR count). The summed E-state index contributed by atoms with van der Waals surface area (Å²) >= 11 is 0. The SMILES string of the molecule is CCCC(CCC)O[Si](CCCN(CC(O)CO)CC(O)CO)(OC)OC.CCCC(CCC)O[Si](CCCN)(OC)OC.OCC1CC1. The van der Waals surface area contributed by atoms with Gasteiger partial charge in [-0.2, -0.15) is 0 Å². The van der Waals surface area contributed by atoms with Crippen molar-refractivity contribution >= 4 is 17.6 Å². The number of aliphatic hydroxyl groups is 5. The Kier molecular flexibility index (Phi) is 33.9. The molecule has 0 radical (unpaired) electrons. The van der Waals surface area contributed by atoms with Gasteiger partial charge in [0.05, 0.1) is 25.4 Å². The van der Waals surface area contributed by atoms with E-state index in [0.29, 0.717) is 38.1 Å². The van der Waals surface area contributed by atoms with Crippen LogP contribution in [0, 0.1) is 5.92 Å². The average molecular weight is 747 g/mol. The molecule has 0 saturated heterocycles. The van der Waals surface area contributed by atoms with Gasteiger partial charge in [0.2, 0.25) is 0 Å². The van der Waals surface area contributed by atoms with Crippen LogP contribution >= 0.6 is 0 Å². The van der Waals surface area contributed by atoms with Crippen molar-refractivity contribution in [3.05, 3.63) is 0 Å². The number of aliphatic hydroxyl groups excluding tert-OH is 5. The van der Waals surface area contributed by atoms with Gasteiger partial charge >= 0.3 is 17.6 Å². The number of hydrogen-bond acceptors (Lipinski definition) is 13. The van der Waals surface area contributed by atoms with Crippen LogP contribution in [0.4, 0.5) is 0 Å². The minimum absolute atomic E-state index is 0.120. The van der Waals surface area contributed by atoms with Crippen molar-refractivity contribution in [2.75, 3.05) is 74.4 Å². The van der Waals surface area contributed by atoms with Crippen LogP contribution in [0.2, 0.25) is 12.1 Å². The molecule has 7 N–H and O–H groups in total. The smallest absolute Gasteiger partial charge is 0.396 e. The van der Waals surface area contributed by atoms with Crippen molar-refractivity contribution in [2.24, 2.45) is 11.7 Å². The van der Waals surface area contributed by atoms with Crippen molar-refractivity contribution in [2.45, 2.75) is 141 Å². The zero-order chi connectivity index (χ0) is 37.6. The first kappa shape index (κ1) is 51.0. The van der Waals surface area contributed by atoms with E-state index in [1.165, 1.54) is 12.8 Å². The summed E-state index contributed by atoms with van der Waals surface area (Å²) in [5.74, 6) is 0.690. The largest absolute Gasteiger partial charge is 0.500 e. The molecule has 0 amide bonds. The van der Waals surface area contributed by atoms with Crippen LogP contribution in [0.15, 0.2) is 0 Å². The molecule has 13 nitrogen and oxygen atoms in total. The first-order valence-corrected chi connectivity index (χ1v) is 22.5. The van der Waals surface area contributed by atoms with Gasteiger partial charge in [-0.1, -0.05) is 53.4 Å². The molecule has 2 atom stereocenters. The molecule has 1 aliphatic rings. The Bertz CT molecular complexity index is 685. The molecular weight excluding hydrogens is 669 g/mol. The van der Waals surface area contributed by atoms with Crippen LogP contribution in [-0.2, 0) is 26.6 Å². The molecule has 0 aromatic heterocycles. The first-order chi connectivity index (χ1) is 23.5. The molecule has 15 heteroatoms. The van der Waals surface area contributed by atoms with Crippen molar-refractivity contribution in [1.82, 2.24) is 4.90 Å². The lowest BCUT2D eigenvalue weighted by Gasteiger charge is -2.32. The summed E-state index contributed by atoms with van der Waals surface area (Å²) in [5, 5.41) is 45.7. The third kappa shape index (κ3) is 25.5. The summed E-state index contributed by atoms with van der Waals surface area (Å²) in [4.78, 5) is 1.82. The highest BCUT2D eigenvalue weighted by atomic mass is 28.4. The van der Waals surface area contributed by atoms with Crippen molar-refractivity contribution in [1.29, 1.82) is 0 Å². The minimum Gasteiger partial charge on any atom is -0.396 e. The fourth-order valence-corrected chi connectivity index (χ4v) is 9.80. The molecule has 0 aliphatic heterocycles. The maximum absolute atomic E-state index is 9.70. The molecule has 1 fully saturated rings. The highest BCUT2D eigenvalue weighted by molar-refractivity contribution is 6.61. The maximum atomic E-state index is 9.70. The van der Waals surface area contributed by atoms with Crippen LogP contribution in [0.25, 0.3) is 0 Å². The molecule has 0 aromatic rings. The summed E-state index contributed by atoms with van der Waals surface area (Å²) < 4.78 is 34.9. The van der Waals surface area contributed by atoms with Gasteiger partial charge in [0.15, 0.2) is 0 Å². The zero-order valence-electron chi connectivity index (χ0n) is 32.4. The highest BCUT2D eigenvalue weighted by Gasteiger charge is 2.41. The van der Waals surface area contributed by atoms with E-state index in [0.717, 1.165) is 63.8 Å². The van der Waals surface area contributed by atoms with E-state index in [9.17, 15) is 10.2 Å². The summed E-state index contributed by atoms with van der Waals surface area (Å²) in [7, 11) is 1.32. The fourth-order valence-electron chi connectivity index (χ4n) is 5.31. The van der Waals surface area contributed by atoms with Gasteiger partial charge in [-0.05, 0) is 70.4 Å². The molecule has 0 heterocycles. The topological polar surface area (TPSA) is 186 Å². The summed E-state index contributed by atoms with van der Waals surface area (Å²) in [6, 6.07) is 1.42. The monoisotopic (exact) mass is 747 g/mol. The van der Waals surface area contributed by atoms with Crippen LogP contribution in [-0.4, -0.2) is 147 Å². The highest BCUT2D eigenvalue weighted by Crippen LogP contribution is 2.27. The van der Waals surface area contributed by atoms with E-state index in [1.807, 2.05) is 4.90 Å². The maximum Gasteiger partial charge on any atom is 0.500 e. The lowest BCUT2D eigenvalue weighted by molar-refractivity contribution is 0.0214. The number of hydrogen-bond donors (Lipinski definition) is 6. The van der Waals surface area contributed by atoms with Crippen molar-refractivity contribution in [3.8, 4) is 0 Å². The number of rotatable bonds is 30. The second kappa shape index (κ2) is 32.6. The predicted molar refractivity (Wildman–Crippen MR) is 199 cm³/mol. The molecule has 49 heavy (non-hydrogen) atoms. The Morgan fingerprint density at radius 3 is 1.27 bits per heavy atom. The van der Waals surface area contributed by atoms with Gasteiger partial charge in [0.1, 0.15) is 0 Å². The lowest BCUT2D eigenvalue weighted by Crippen LogP contribution is -2.47. The first-order valence-electron chi connectivity index (χ1n) is 18.7. The Morgan fingerprint density at radius 1 is 0.653 bits per heavy atom. The lowest BCUT2D eigenvalue weighted by atomic mass is 10.1. The minimum atomic E-state index is -2.79. The summed E-state index contributed by atoms with van der Waals surface area (Å²) in [6.45, 7) is 9.98. The Labute approximate surface area is 301 Å². The normalized spacial score (nSPS) is 14.9. The predicted octanol–water partition coefficient (Wildman–Crippen LogP) is 3.54. The Morgan fingerprint density at radius 2 is 1.02 bits per heavy atom. The standard InChI is InChI=1S/C18H41NO7Si.C12H29NO3Si.C4H8O/c1-5-8-18(9-6-2)26-27(24-3,25-4)11-7-10-19(12-16(22)14-20)13-17(23)15-21;1-5-8-12(9-6-2)16-17(14-3,15-4)11-7-10-13;5-3-4-1-2-4/h16-18,20-23H,5-15H2,1-4H3;12H,5-11,13H2,1-4H3;4-5H,1-3H2. The van der Waals surface area contributed by atoms with Gasteiger partial charge in [-0.3, -0.25) is 4.90 Å². The van der Waals surface area contributed by atoms with Crippen molar-refractivity contribution in [3.63, 3.8) is 0 Å². The van der Waals surface area contributed by atoms with E-state index in [4.69, 9.17) is 47.6 Å². The number of nitrogens with zero attached hydrogens (tertiary/aromatic N) is 1. The molecule has 0 spiro atoms. The van der Waals surface area contributed by atoms with Gasteiger partial charge in [-0.15, -0.1) is 0 Å². The molecule has 0 aromatic carbocycles. The molecular formula is C34H78N2O11Si2. The second-order valence-electron chi connectivity index (χ2n) is 12.9. The van der Waals surface area contributed by atoms with Crippen LogP contribution in [0.3, 0.4) is 0 Å². The quantitative estimate of drug-likeness (QED) is 0.0587. The second-order valence-corrected chi connectivity index (χ2v) is 18.7. The van der Waals surface area contributed by atoms with Gasteiger partial charge < -0.3 is 57.8 Å². The van der Waals surface area contributed by atoms with E-state index >= 15 is 0 Å². The zero-order valence-corrected chi connectivity index (χ0v) is 34.4. The third-order valence-electron chi connectivity index (χ3n) is 8.34. The molecule has 2 unspecified atom stereocenters. The van der Waals surface area contributed by atoms with Crippen LogP contribution < -0.4 is 5.73 Å². The van der Waals surface area contributed by atoms with Gasteiger partial charge in [-0.25, -0.2) is 0 Å². The Hall–Kier alpha value is -0.0862. The van der Waals surface area contributed by atoms with Crippen LogP contribution in [0.1, 0.15) is 105 Å². The van der Waals surface area contributed by atoms with Gasteiger partial charge in [0.25, 0.3) is 0 Å². The fraction of sp³-hybridized carbons (Fsp3) is 1.00.